The molecule has 0 saturated carbocycles. The summed E-state index contributed by atoms with van der Waals surface area (Å²) < 4.78 is 7.45. The molecule has 2 heterocycles. The number of benzene rings is 1. The highest BCUT2D eigenvalue weighted by molar-refractivity contribution is 7.99. The van der Waals surface area contributed by atoms with Gasteiger partial charge in [0.25, 0.3) is 5.69 Å². The maximum atomic E-state index is 10.9. The highest BCUT2D eigenvalue weighted by Crippen LogP contribution is 2.27. The number of nitro groups is 1. The Balaban J connectivity index is 1.77. The van der Waals surface area contributed by atoms with Crippen LogP contribution in [0, 0.1) is 10.1 Å². The molecule has 1 aliphatic rings. The van der Waals surface area contributed by atoms with Crippen LogP contribution < -0.4 is 0 Å². The zero-order chi connectivity index (χ0) is 15.5. The molecule has 0 bridgehead atoms. The fourth-order valence-corrected chi connectivity index (χ4v) is 3.37. The molecule has 1 aliphatic heterocycles. The molecule has 22 heavy (non-hydrogen) atoms. The average Bonchev–Trinajstić information content (AvgIpc) is 3.15. The molecule has 0 aliphatic carbocycles. The summed E-state index contributed by atoms with van der Waals surface area (Å²) in [5, 5.41) is 20.0. The Hall–Kier alpha value is -1.93. The van der Waals surface area contributed by atoms with Crippen molar-refractivity contribution in [1.82, 2.24) is 14.8 Å². The second kappa shape index (κ2) is 6.45. The van der Waals surface area contributed by atoms with Crippen molar-refractivity contribution >= 4 is 17.4 Å². The lowest BCUT2D eigenvalue weighted by molar-refractivity contribution is -0.384. The number of hydrogen-bond donors (Lipinski definition) is 0. The first kappa shape index (κ1) is 15.0. The summed E-state index contributed by atoms with van der Waals surface area (Å²) in [7, 11) is 1.87. The average molecular weight is 320 g/mol. The maximum absolute atomic E-state index is 10.9. The molecule has 8 heteroatoms. The lowest BCUT2D eigenvalue weighted by Crippen LogP contribution is -2.08. The Morgan fingerprint density at radius 1 is 1.50 bits per heavy atom. The predicted molar refractivity (Wildman–Crippen MR) is 82.8 cm³/mol. The van der Waals surface area contributed by atoms with E-state index in [1.165, 1.54) is 12.1 Å². The van der Waals surface area contributed by atoms with E-state index in [2.05, 4.69) is 10.2 Å². The van der Waals surface area contributed by atoms with Crippen molar-refractivity contribution < 1.29 is 9.66 Å². The van der Waals surface area contributed by atoms with E-state index in [0.717, 1.165) is 30.4 Å². The van der Waals surface area contributed by atoms with Gasteiger partial charge in [0.05, 0.1) is 11.0 Å². The lowest BCUT2D eigenvalue weighted by Gasteiger charge is -2.08. The Morgan fingerprint density at radius 3 is 3.09 bits per heavy atom. The first-order valence-corrected chi connectivity index (χ1v) is 8.02. The van der Waals surface area contributed by atoms with Crippen molar-refractivity contribution in [3.8, 4) is 11.4 Å². The van der Waals surface area contributed by atoms with Gasteiger partial charge in [0.15, 0.2) is 11.0 Å². The van der Waals surface area contributed by atoms with Gasteiger partial charge in [-0.3, -0.25) is 10.1 Å². The molecule has 1 atom stereocenters. The topological polar surface area (TPSA) is 83.1 Å². The van der Waals surface area contributed by atoms with E-state index in [9.17, 15) is 10.1 Å². The van der Waals surface area contributed by atoms with E-state index >= 15 is 0 Å². The van der Waals surface area contributed by atoms with Gasteiger partial charge in [0.1, 0.15) is 0 Å². The van der Waals surface area contributed by atoms with Crippen molar-refractivity contribution in [3.05, 3.63) is 34.4 Å². The summed E-state index contributed by atoms with van der Waals surface area (Å²) >= 11 is 1.60. The third-order valence-electron chi connectivity index (χ3n) is 3.57. The van der Waals surface area contributed by atoms with Gasteiger partial charge in [-0.25, -0.2) is 0 Å². The molecule has 0 N–H and O–H groups in total. The highest BCUT2D eigenvalue weighted by Gasteiger charge is 2.19. The number of nitro benzene ring substituents is 1. The van der Waals surface area contributed by atoms with E-state index in [0.29, 0.717) is 11.4 Å². The third-order valence-corrected chi connectivity index (χ3v) is 4.72. The molecule has 0 amide bonds. The summed E-state index contributed by atoms with van der Waals surface area (Å²) in [6, 6.07) is 6.43. The van der Waals surface area contributed by atoms with Crippen molar-refractivity contribution in [1.29, 1.82) is 0 Å². The molecule has 1 fully saturated rings. The first-order chi connectivity index (χ1) is 10.6. The van der Waals surface area contributed by atoms with E-state index in [1.54, 1.807) is 23.9 Å². The monoisotopic (exact) mass is 320 g/mol. The summed E-state index contributed by atoms with van der Waals surface area (Å²) in [6.07, 6.45) is 2.48. The molecule has 7 nitrogen and oxygen atoms in total. The van der Waals surface area contributed by atoms with Crippen molar-refractivity contribution in [2.45, 2.75) is 24.1 Å². The van der Waals surface area contributed by atoms with Crippen LogP contribution in [-0.4, -0.2) is 38.2 Å². The second-order valence-corrected chi connectivity index (χ2v) is 6.11. The van der Waals surface area contributed by atoms with Gasteiger partial charge in [-0.2, -0.15) is 0 Å². The SMILES string of the molecule is Cn1c(SC[C@@H]2CCCO2)nnc1-c1cccc([N+](=O)[O-])c1. The summed E-state index contributed by atoms with van der Waals surface area (Å²) in [5.41, 5.74) is 0.738. The van der Waals surface area contributed by atoms with Gasteiger partial charge in [-0.05, 0) is 12.8 Å². The zero-order valence-electron chi connectivity index (χ0n) is 12.1. The number of rotatable bonds is 5. The molecular weight excluding hydrogens is 304 g/mol. The number of non-ortho nitro benzene ring substituents is 1. The molecule has 1 aromatic heterocycles. The van der Waals surface area contributed by atoms with Crippen LogP contribution in [0.15, 0.2) is 29.4 Å². The van der Waals surface area contributed by atoms with Gasteiger partial charge >= 0.3 is 0 Å². The van der Waals surface area contributed by atoms with E-state index in [1.807, 2.05) is 11.6 Å². The summed E-state index contributed by atoms with van der Waals surface area (Å²) in [6.45, 7) is 0.836. The highest BCUT2D eigenvalue weighted by atomic mass is 32.2. The molecule has 2 aromatic rings. The summed E-state index contributed by atoms with van der Waals surface area (Å²) in [5.74, 6) is 1.47. The number of thioether (sulfide) groups is 1. The van der Waals surface area contributed by atoms with E-state index in [-0.39, 0.29) is 11.8 Å². The minimum atomic E-state index is -0.410. The number of ether oxygens (including phenoxy) is 1. The third kappa shape index (κ3) is 3.12. The number of nitrogens with zero attached hydrogens (tertiary/aromatic N) is 4. The smallest absolute Gasteiger partial charge is 0.270 e. The quantitative estimate of drug-likeness (QED) is 0.478. The van der Waals surface area contributed by atoms with Gasteiger partial charge in [-0.15, -0.1) is 10.2 Å². The standard InChI is InChI=1S/C14H16N4O3S/c1-17-13(10-4-2-5-11(8-10)18(19)20)15-16-14(17)22-9-12-6-3-7-21-12/h2,4-5,8,12H,3,6-7,9H2,1H3/t12-/m0/s1. The maximum Gasteiger partial charge on any atom is 0.270 e. The van der Waals surface area contributed by atoms with E-state index in [4.69, 9.17) is 4.74 Å². The molecule has 0 spiro atoms. The Kier molecular flexibility index (Phi) is 4.39. The van der Waals surface area contributed by atoms with Crippen LogP contribution in [0.2, 0.25) is 0 Å². The minimum absolute atomic E-state index is 0.0501. The van der Waals surface area contributed by atoms with Crippen molar-refractivity contribution in [2.24, 2.45) is 7.05 Å². The van der Waals surface area contributed by atoms with Crippen LogP contribution in [0.3, 0.4) is 0 Å². The molecule has 0 radical (unpaired) electrons. The van der Waals surface area contributed by atoms with Crippen molar-refractivity contribution in [2.75, 3.05) is 12.4 Å². The Morgan fingerprint density at radius 2 is 2.36 bits per heavy atom. The Bertz CT molecular complexity index is 682. The van der Waals surface area contributed by atoms with Gasteiger partial charge in [0.2, 0.25) is 0 Å². The van der Waals surface area contributed by atoms with Gasteiger partial charge < -0.3 is 9.30 Å². The molecule has 3 rings (SSSR count). The van der Waals surface area contributed by atoms with Gasteiger partial charge in [-0.1, -0.05) is 23.9 Å². The van der Waals surface area contributed by atoms with Crippen LogP contribution in [0.1, 0.15) is 12.8 Å². The predicted octanol–water partition coefficient (Wildman–Crippen LogP) is 2.66. The number of aromatic nitrogens is 3. The van der Waals surface area contributed by atoms with Crippen LogP contribution in [0.4, 0.5) is 5.69 Å². The first-order valence-electron chi connectivity index (χ1n) is 7.04. The van der Waals surface area contributed by atoms with Crippen LogP contribution in [0.5, 0.6) is 0 Å². The zero-order valence-corrected chi connectivity index (χ0v) is 13.0. The van der Waals surface area contributed by atoms with Gasteiger partial charge in [0, 0.05) is 37.1 Å². The molecule has 116 valence electrons. The summed E-state index contributed by atoms with van der Waals surface area (Å²) in [4.78, 5) is 10.5. The minimum Gasteiger partial charge on any atom is -0.377 e. The number of hydrogen-bond acceptors (Lipinski definition) is 6. The molecular formula is C14H16N4O3S. The van der Waals surface area contributed by atoms with Crippen molar-refractivity contribution in [3.63, 3.8) is 0 Å². The fourth-order valence-electron chi connectivity index (χ4n) is 2.39. The largest absolute Gasteiger partial charge is 0.377 e. The fraction of sp³-hybridized carbons (Fsp3) is 0.429. The molecule has 0 unspecified atom stereocenters. The Labute approximate surface area is 131 Å². The van der Waals surface area contributed by atoms with Crippen LogP contribution in [0.25, 0.3) is 11.4 Å². The second-order valence-electron chi connectivity index (χ2n) is 5.12. The normalized spacial score (nSPS) is 17.8. The lowest BCUT2D eigenvalue weighted by atomic mass is 10.2. The molecule has 1 saturated heterocycles. The molecule has 1 aromatic carbocycles. The van der Waals surface area contributed by atoms with Crippen LogP contribution >= 0.6 is 11.8 Å². The van der Waals surface area contributed by atoms with Crippen LogP contribution in [-0.2, 0) is 11.8 Å². The van der Waals surface area contributed by atoms with E-state index < -0.39 is 4.92 Å².